The van der Waals surface area contributed by atoms with Crippen molar-refractivity contribution in [2.75, 3.05) is 7.11 Å². The van der Waals surface area contributed by atoms with E-state index in [1.165, 1.54) is 18.4 Å². The van der Waals surface area contributed by atoms with Gasteiger partial charge in [-0.05, 0) is 36.9 Å². The third-order valence-electron chi connectivity index (χ3n) is 3.25. The number of ketones is 1. The highest BCUT2D eigenvalue weighted by atomic mass is 32.1. The molecule has 0 aliphatic rings. The van der Waals surface area contributed by atoms with Gasteiger partial charge in [-0.2, -0.15) is 5.26 Å². The molecule has 6 heteroatoms. The first-order valence-corrected chi connectivity index (χ1v) is 7.35. The van der Waals surface area contributed by atoms with Crippen molar-refractivity contribution in [3.8, 4) is 6.07 Å². The summed E-state index contributed by atoms with van der Waals surface area (Å²) in [6, 6.07) is 5.58. The maximum atomic E-state index is 12.5. The molecule has 0 spiro atoms. The molecule has 0 aromatic carbocycles. The van der Waals surface area contributed by atoms with Gasteiger partial charge in [0.1, 0.15) is 11.6 Å². The van der Waals surface area contributed by atoms with Gasteiger partial charge in [-0.3, -0.25) is 4.79 Å². The fourth-order valence-corrected chi connectivity index (χ4v) is 2.84. The lowest BCUT2D eigenvalue weighted by Crippen LogP contribution is -2.06. The summed E-state index contributed by atoms with van der Waals surface area (Å²) in [4.78, 5) is 28.0. The number of aromatic amines is 1. The summed E-state index contributed by atoms with van der Waals surface area (Å²) in [5.74, 6) is -0.947. The smallest absolute Gasteiger partial charge is 0.339 e. The average Bonchev–Trinajstić information content (AvgIpc) is 3.11. The second-order valence-corrected chi connectivity index (χ2v) is 5.61. The normalized spacial score (nSPS) is 11.1. The average molecular weight is 314 g/mol. The molecule has 0 fully saturated rings. The summed E-state index contributed by atoms with van der Waals surface area (Å²) < 4.78 is 4.71. The Bertz CT molecular complexity index is 792. The van der Waals surface area contributed by atoms with Crippen LogP contribution in [0.3, 0.4) is 0 Å². The number of hydrogen-bond acceptors (Lipinski definition) is 5. The first-order valence-electron chi connectivity index (χ1n) is 6.47. The highest BCUT2D eigenvalue weighted by Crippen LogP contribution is 2.22. The number of thiophene rings is 1. The molecular weight excluding hydrogens is 300 g/mol. The minimum absolute atomic E-state index is 0.0169. The van der Waals surface area contributed by atoms with Crippen molar-refractivity contribution >= 4 is 29.2 Å². The van der Waals surface area contributed by atoms with Crippen molar-refractivity contribution in [2.24, 2.45) is 0 Å². The van der Waals surface area contributed by atoms with Gasteiger partial charge in [0, 0.05) is 10.6 Å². The molecule has 0 saturated carbocycles. The standard InChI is InChI=1S/C16H14N2O3S/c1-9-13(16(20)21-3)10(2)18-14(9)15(19)11(8-17)7-12-5-4-6-22-12/h4-7,18H,1-3H3. The van der Waals surface area contributed by atoms with Crippen molar-refractivity contribution in [3.63, 3.8) is 0 Å². The van der Waals surface area contributed by atoms with Crippen LogP contribution in [0.1, 0.15) is 37.0 Å². The summed E-state index contributed by atoms with van der Waals surface area (Å²) >= 11 is 1.44. The van der Waals surface area contributed by atoms with Crippen molar-refractivity contribution in [2.45, 2.75) is 13.8 Å². The molecule has 2 aromatic heterocycles. The summed E-state index contributed by atoms with van der Waals surface area (Å²) in [5, 5.41) is 11.1. The maximum absolute atomic E-state index is 12.5. The number of aromatic nitrogens is 1. The van der Waals surface area contributed by atoms with Gasteiger partial charge >= 0.3 is 5.97 Å². The van der Waals surface area contributed by atoms with Gasteiger partial charge in [0.25, 0.3) is 0 Å². The van der Waals surface area contributed by atoms with Gasteiger partial charge in [-0.1, -0.05) is 6.07 Å². The van der Waals surface area contributed by atoms with Crippen LogP contribution in [0.2, 0.25) is 0 Å². The number of carbonyl (C=O) groups excluding carboxylic acids is 2. The number of nitriles is 1. The second kappa shape index (κ2) is 6.41. The van der Waals surface area contributed by atoms with Crippen LogP contribution in [0.25, 0.3) is 6.08 Å². The molecule has 0 bridgehead atoms. The number of hydrogen-bond donors (Lipinski definition) is 1. The maximum Gasteiger partial charge on any atom is 0.339 e. The first-order chi connectivity index (χ1) is 10.5. The van der Waals surface area contributed by atoms with E-state index >= 15 is 0 Å². The SMILES string of the molecule is COC(=O)c1c(C)[nH]c(C(=O)C(C#N)=Cc2cccs2)c1C. The molecular formula is C16H14N2O3S. The molecule has 0 saturated heterocycles. The molecule has 0 amide bonds. The van der Waals surface area contributed by atoms with Crippen molar-refractivity contribution in [3.05, 3.63) is 50.5 Å². The summed E-state index contributed by atoms with van der Waals surface area (Å²) in [6.07, 6.45) is 1.54. The van der Waals surface area contributed by atoms with Crippen LogP contribution < -0.4 is 0 Å². The number of methoxy groups -OCH3 is 1. The largest absolute Gasteiger partial charge is 0.465 e. The molecule has 2 rings (SSSR count). The number of aryl methyl sites for hydroxylation is 1. The molecule has 112 valence electrons. The number of nitrogens with zero attached hydrogens (tertiary/aromatic N) is 1. The van der Waals surface area contributed by atoms with Crippen molar-refractivity contribution < 1.29 is 14.3 Å². The zero-order valence-corrected chi connectivity index (χ0v) is 13.2. The third kappa shape index (κ3) is 2.85. The van der Waals surface area contributed by atoms with E-state index < -0.39 is 11.8 Å². The molecule has 0 atom stereocenters. The zero-order valence-electron chi connectivity index (χ0n) is 12.4. The molecule has 22 heavy (non-hydrogen) atoms. The number of allylic oxidation sites excluding steroid dienone is 1. The zero-order chi connectivity index (χ0) is 16.3. The lowest BCUT2D eigenvalue weighted by atomic mass is 10.0. The Morgan fingerprint density at radius 1 is 1.41 bits per heavy atom. The fourth-order valence-electron chi connectivity index (χ4n) is 2.18. The van der Waals surface area contributed by atoms with Gasteiger partial charge in [-0.15, -0.1) is 11.3 Å². The first kappa shape index (κ1) is 15.7. The Kier molecular flexibility index (Phi) is 4.59. The predicted octanol–water partition coefficient (Wildman–Crippen LogP) is 3.27. The molecule has 2 heterocycles. The van der Waals surface area contributed by atoms with E-state index in [2.05, 4.69) is 4.98 Å². The van der Waals surface area contributed by atoms with Gasteiger partial charge in [0.05, 0.1) is 18.4 Å². The van der Waals surface area contributed by atoms with Crippen molar-refractivity contribution in [1.29, 1.82) is 5.26 Å². The van der Waals surface area contributed by atoms with Crippen molar-refractivity contribution in [1.82, 2.24) is 4.98 Å². The van der Waals surface area contributed by atoms with Gasteiger partial charge < -0.3 is 9.72 Å². The number of carbonyl (C=O) groups is 2. The van der Waals surface area contributed by atoms with E-state index in [0.717, 1.165) is 4.88 Å². The minimum Gasteiger partial charge on any atom is -0.465 e. The quantitative estimate of drug-likeness (QED) is 0.406. The van der Waals surface area contributed by atoms with E-state index in [4.69, 9.17) is 4.74 Å². The van der Waals surface area contributed by atoms with Crippen LogP contribution in [-0.4, -0.2) is 23.8 Å². The summed E-state index contributed by atoms with van der Waals surface area (Å²) in [5.41, 5.74) is 1.62. The molecule has 0 unspecified atom stereocenters. The Morgan fingerprint density at radius 2 is 2.14 bits per heavy atom. The Hall–Kier alpha value is -2.65. The van der Waals surface area contributed by atoms with Crippen LogP contribution in [0.5, 0.6) is 0 Å². The van der Waals surface area contributed by atoms with E-state index in [9.17, 15) is 14.9 Å². The number of nitrogens with one attached hydrogen (secondary N) is 1. The predicted molar refractivity (Wildman–Crippen MR) is 83.8 cm³/mol. The Labute approximate surface area is 131 Å². The third-order valence-corrected chi connectivity index (χ3v) is 4.07. The van der Waals surface area contributed by atoms with E-state index in [-0.39, 0.29) is 11.3 Å². The molecule has 5 nitrogen and oxygen atoms in total. The van der Waals surface area contributed by atoms with Crippen LogP contribution >= 0.6 is 11.3 Å². The van der Waals surface area contributed by atoms with E-state index in [0.29, 0.717) is 16.8 Å². The summed E-state index contributed by atoms with van der Waals surface area (Å²) in [7, 11) is 1.28. The fraction of sp³-hybridized carbons (Fsp3) is 0.188. The lowest BCUT2D eigenvalue weighted by Gasteiger charge is -2.00. The van der Waals surface area contributed by atoms with E-state index in [1.54, 1.807) is 19.9 Å². The minimum atomic E-state index is -0.508. The monoisotopic (exact) mass is 314 g/mol. The number of rotatable bonds is 4. The van der Waals surface area contributed by atoms with E-state index in [1.807, 2.05) is 23.6 Å². The second-order valence-electron chi connectivity index (χ2n) is 4.63. The molecule has 2 aromatic rings. The molecule has 0 aliphatic carbocycles. The number of esters is 1. The Morgan fingerprint density at radius 3 is 2.68 bits per heavy atom. The summed E-state index contributed by atoms with van der Waals surface area (Å²) in [6.45, 7) is 3.34. The number of Topliss-reactive ketones (excluding diaryl/α,β-unsaturated/α-hetero) is 1. The molecule has 1 N–H and O–H groups in total. The highest BCUT2D eigenvalue weighted by Gasteiger charge is 2.24. The lowest BCUT2D eigenvalue weighted by molar-refractivity contribution is 0.0599. The number of H-pyrrole nitrogens is 1. The van der Waals surface area contributed by atoms with Crippen LogP contribution in [0.15, 0.2) is 23.1 Å². The number of ether oxygens (including phenoxy) is 1. The van der Waals surface area contributed by atoms with Gasteiger partial charge in [0.15, 0.2) is 0 Å². The molecule has 0 aliphatic heterocycles. The van der Waals surface area contributed by atoms with Crippen LogP contribution in [0, 0.1) is 25.2 Å². The highest BCUT2D eigenvalue weighted by molar-refractivity contribution is 7.10. The topological polar surface area (TPSA) is 83.0 Å². The van der Waals surface area contributed by atoms with Crippen LogP contribution in [-0.2, 0) is 4.74 Å². The van der Waals surface area contributed by atoms with Gasteiger partial charge in [0.2, 0.25) is 5.78 Å². The Balaban J connectivity index is 2.46. The molecule has 0 radical (unpaired) electrons. The van der Waals surface area contributed by atoms with Gasteiger partial charge in [-0.25, -0.2) is 4.79 Å². The van der Waals surface area contributed by atoms with Crippen LogP contribution in [0.4, 0.5) is 0 Å².